The fourth-order valence-corrected chi connectivity index (χ4v) is 3.06. The normalized spacial score (nSPS) is 28.8. The molecule has 0 radical (unpaired) electrons. The van der Waals surface area contributed by atoms with Gasteiger partial charge in [0.1, 0.15) is 5.54 Å². The third-order valence-electron chi connectivity index (χ3n) is 4.11. The van der Waals surface area contributed by atoms with Crippen molar-refractivity contribution in [3.63, 3.8) is 0 Å². The monoisotopic (exact) mass is 242 g/mol. The molecule has 2 atom stereocenters. The van der Waals surface area contributed by atoms with Gasteiger partial charge in [0.2, 0.25) is 0 Å². The van der Waals surface area contributed by atoms with Crippen LogP contribution in [-0.2, 0) is 4.79 Å². The molecule has 1 aliphatic rings. The fraction of sp³-hybridized carbons (Fsp3) is 0.923. The van der Waals surface area contributed by atoms with Gasteiger partial charge in [0, 0.05) is 0 Å². The van der Waals surface area contributed by atoms with Crippen molar-refractivity contribution in [1.82, 2.24) is 10.2 Å². The number of nitrogens with one attached hydrogen (secondary N) is 1. The Labute approximate surface area is 104 Å². The van der Waals surface area contributed by atoms with E-state index in [4.69, 9.17) is 0 Å². The number of carboxylic acids is 1. The van der Waals surface area contributed by atoms with Crippen LogP contribution in [0, 0.1) is 5.92 Å². The highest BCUT2D eigenvalue weighted by molar-refractivity contribution is 5.79. The van der Waals surface area contributed by atoms with Crippen LogP contribution >= 0.6 is 0 Å². The molecule has 0 aromatic carbocycles. The molecule has 17 heavy (non-hydrogen) atoms. The Kier molecular flexibility index (Phi) is 5.40. The van der Waals surface area contributed by atoms with Gasteiger partial charge in [0.05, 0.1) is 0 Å². The lowest BCUT2D eigenvalue weighted by molar-refractivity contribution is -0.146. The lowest BCUT2D eigenvalue weighted by atomic mass is 9.84. The smallest absolute Gasteiger partial charge is 0.324 e. The molecule has 1 fully saturated rings. The van der Waals surface area contributed by atoms with Crippen molar-refractivity contribution >= 4 is 5.97 Å². The van der Waals surface area contributed by atoms with Crippen LogP contribution in [0.5, 0.6) is 0 Å². The molecule has 0 saturated heterocycles. The van der Waals surface area contributed by atoms with E-state index in [0.717, 1.165) is 45.2 Å². The third-order valence-corrected chi connectivity index (χ3v) is 4.11. The molecule has 0 bridgehead atoms. The second kappa shape index (κ2) is 6.36. The number of hydrogen-bond acceptors (Lipinski definition) is 3. The lowest BCUT2D eigenvalue weighted by Crippen LogP contribution is -2.53. The standard InChI is InChI=1S/C13H26N2O2/c1-4-9-15(3)10-7-11-6-5-8-13(11,14-2)12(16)17/h11,14H,4-10H2,1-3H3,(H,16,17). The zero-order valence-corrected chi connectivity index (χ0v) is 11.3. The largest absolute Gasteiger partial charge is 0.480 e. The number of rotatable bonds is 7. The van der Waals surface area contributed by atoms with Crippen LogP contribution in [0.25, 0.3) is 0 Å². The number of carboxylic acid groups (broad SMARTS) is 1. The molecule has 0 aromatic rings. The molecule has 2 unspecified atom stereocenters. The summed E-state index contributed by atoms with van der Waals surface area (Å²) in [6.45, 7) is 4.25. The van der Waals surface area contributed by atoms with Gasteiger partial charge in [-0.25, -0.2) is 0 Å². The first-order valence-corrected chi connectivity index (χ1v) is 6.67. The molecule has 4 nitrogen and oxygen atoms in total. The highest BCUT2D eigenvalue weighted by atomic mass is 16.4. The first-order valence-electron chi connectivity index (χ1n) is 6.67. The van der Waals surface area contributed by atoms with Crippen molar-refractivity contribution in [2.45, 2.75) is 44.6 Å². The van der Waals surface area contributed by atoms with Gasteiger partial charge >= 0.3 is 5.97 Å². The van der Waals surface area contributed by atoms with Crippen molar-refractivity contribution in [1.29, 1.82) is 0 Å². The molecule has 0 amide bonds. The molecule has 0 aromatic heterocycles. The third kappa shape index (κ3) is 3.19. The molecule has 4 heteroatoms. The van der Waals surface area contributed by atoms with Gasteiger partial charge in [-0.15, -0.1) is 0 Å². The van der Waals surface area contributed by atoms with Crippen molar-refractivity contribution in [3.8, 4) is 0 Å². The summed E-state index contributed by atoms with van der Waals surface area (Å²) in [6, 6.07) is 0. The molecule has 1 saturated carbocycles. The predicted molar refractivity (Wildman–Crippen MR) is 69.2 cm³/mol. The summed E-state index contributed by atoms with van der Waals surface area (Å²) in [5.74, 6) is -0.412. The summed E-state index contributed by atoms with van der Waals surface area (Å²) in [5.41, 5.74) is -0.674. The van der Waals surface area contributed by atoms with E-state index < -0.39 is 11.5 Å². The van der Waals surface area contributed by atoms with Gasteiger partial charge in [-0.3, -0.25) is 4.79 Å². The summed E-state index contributed by atoms with van der Waals surface area (Å²) >= 11 is 0. The lowest BCUT2D eigenvalue weighted by Gasteiger charge is -2.32. The predicted octanol–water partition coefficient (Wildman–Crippen LogP) is 1.56. The van der Waals surface area contributed by atoms with Crippen LogP contribution in [0.15, 0.2) is 0 Å². The molecule has 0 spiro atoms. The van der Waals surface area contributed by atoms with Crippen molar-refractivity contribution in [2.24, 2.45) is 5.92 Å². The van der Waals surface area contributed by atoms with Crippen LogP contribution in [0.4, 0.5) is 0 Å². The Bertz CT molecular complexity index is 258. The molecular weight excluding hydrogens is 216 g/mol. The average molecular weight is 242 g/mol. The highest BCUT2D eigenvalue weighted by Gasteiger charge is 2.47. The molecule has 2 N–H and O–H groups in total. The topological polar surface area (TPSA) is 52.6 Å². The summed E-state index contributed by atoms with van der Waals surface area (Å²) in [7, 11) is 3.89. The summed E-state index contributed by atoms with van der Waals surface area (Å²) < 4.78 is 0. The Balaban J connectivity index is 2.54. The van der Waals surface area contributed by atoms with E-state index in [0.29, 0.717) is 0 Å². The fourth-order valence-electron chi connectivity index (χ4n) is 3.06. The SMILES string of the molecule is CCCN(C)CCC1CCCC1(NC)C(=O)O. The Morgan fingerprint density at radius 1 is 1.53 bits per heavy atom. The Morgan fingerprint density at radius 3 is 2.76 bits per heavy atom. The van der Waals surface area contributed by atoms with Gasteiger partial charge in [0.15, 0.2) is 0 Å². The van der Waals surface area contributed by atoms with Crippen LogP contribution in [0.1, 0.15) is 39.0 Å². The van der Waals surface area contributed by atoms with Crippen LogP contribution in [-0.4, -0.2) is 48.7 Å². The van der Waals surface area contributed by atoms with Crippen molar-refractivity contribution in [2.75, 3.05) is 27.2 Å². The van der Waals surface area contributed by atoms with Crippen LogP contribution < -0.4 is 5.32 Å². The van der Waals surface area contributed by atoms with E-state index in [9.17, 15) is 9.90 Å². The molecule has 100 valence electrons. The summed E-state index contributed by atoms with van der Waals surface area (Å²) in [5, 5.41) is 12.5. The van der Waals surface area contributed by atoms with E-state index >= 15 is 0 Å². The second-order valence-electron chi connectivity index (χ2n) is 5.21. The quantitative estimate of drug-likeness (QED) is 0.711. The maximum atomic E-state index is 11.5. The van der Waals surface area contributed by atoms with E-state index in [1.807, 2.05) is 0 Å². The minimum absolute atomic E-state index is 0.268. The zero-order chi connectivity index (χ0) is 12.9. The van der Waals surface area contributed by atoms with E-state index in [1.165, 1.54) is 0 Å². The Morgan fingerprint density at radius 2 is 2.24 bits per heavy atom. The Hall–Kier alpha value is -0.610. The van der Waals surface area contributed by atoms with E-state index in [1.54, 1.807) is 7.05 Å². The zero-order valence-electron chi connectivity index (χ0n) is 11.3. The number of hydrogen-bond donors (Lipinski definition) is 2. The van der Waals surface area contributed by atoms with Crippen molar-refractivity contribution < 1.29 is 9.90 Å². The first kappa shape index (κ1) is 14.5. The maximum Gasteiger partial charge on any atom is 0.324 e. The highest BCUT2D eigenvalue weighted by Crippen LogP contribution is 2.38. The van der Waals surface area contributed by atoms with Gasteiger partial charge in [0.25, 0.3) is 0 Å². The molecule has 0 aliphatic heterocycles. The van der Waals surface area contributed by atoms with Crippen LogP contribution in [0.2, 0.25) is 0 Å². The maximum absolute atomic E-state index is 11.5. The number of likely N-dealkylation sites (N-methyl/N-ethyl adjacent to an activating group) is 1. The van der Waals surface area contributed by atoms with Gasteiger partial charge in [-0.1, -0.05) is 13.3 Å². The summed E-state index contributed by atoms with van der Waals surface area (Å²) in [4.78, 5) is 13.8. The van der Waals surface area contributed by atoms with Gasteiger partial charge in [-0.05, 0) is 58.8 Å². The minimum Gasteiger partial charge on any atom is -0.480 e. The molecule has 1 aliphatic carbocycles. The van der Waals surface area contributed by atoms with Crippen LogP contribution in [0.3, 0.4) is 0 Å². The average Bonchev–Trinajstić information content (AvgIpc) is 2.70. The van der Waals surface area contributed by atoms with Crippen molar-refractivity contribution in [3.05, 3.63) is 0 Å². The molecule has 1 rings (SSSR count). The number of nitrogens with zero attached hydrogens (tertiary/aromatic N) is 1. The van der Waals surface area contributed by atoms with E-state index in [2.05, 4.69) is 24.2 Å². The first-order chi connectivity index (χ1) is 8.06. The number of carbonyl (C=O) groups is 1. The molecular formula is C13H26N2O2. The minimum atomic E-state index is -0.680. The van der Waals surface area contributed by atoms with E-state index in [-0.39, 0.29) is 5.92 Å². The second-order valence-corrected chi connectivity index (χ2v) is 5.21. The summed E-state index contributed by atoms with van der Waals surface area (Å²) in [6.07, 6.45) is 4.95. The number of aliphatic carboxylic acids is 1. The van der Waals surface area contributed by atoms with Gasteiger partial charge < -0.3 is 15.3 Å². The molecule has 0 heterocycles. The van der Waals surface area contributed by atoms with Gasteiger partial charge in [-0.2, -0.15) is 0 Å².